The molecule has 4 nitrogen and oxygen atoms in total. The number of aromatic nitrogens is 2. The number of H-pyrrole nitrogens is 1. The lowest BCUT2D eigenvalue weighted by Gasteiger charge is -2.23. The van der Waals surface area contributed by atoms with Crippen LogP contribution in [-0.2, 0) is 0 Å². The first-order valence-corrected chi connectivity index (χ1v) is 7.23. The minimum atomic E-state index is -0.412. The molecule has 0 saturated heterocycles. The Kier molecular flexibility index (Phi) is 3.99. The minimum Gasteiger partial charge on any atom is -0.487 e. The number of rotatable bonds is 4. The van der Waals surface area contributed by atoms with Crippen molar-refractivity contribution in [2.75, 3.05) is 0 Å². The predicted molar refractivity (Wildman–Crippen MR) is 76.9 cm³/mol. The van der Waals surface area contributed by atoms with Gasteiger partial charge in [-0.2, -0.15) is 5.10 Å². The van der Waals surface area contributed by atoms with Crippen molar-refractivity contribution in [3.8, 4) is 17.0 Å². The van der Waals surface area contributed by atoms with Crippen molar-refractivity contribution in [2.24, 2.45) is 0 Å². The smallest absolute Gasteiger partial charge is 0.165 e. The fraction of sp³-hybridized carbons (Fsp3) is 0.375. The van der Waals surface area contributed by atoms with Crippen LogP contribution in [-0.4, -0.2) is 22.6 Å². The fourth-order valence-corrected chi connectivity index (χ4v) is 2.73. The maximum atomic E-state index is 14.2. The van der Waals surface area contributed by atoms with Crippen LogP contribution >= 0.6 is 0 Å². The number of nitrogens with one attached hydrogen (secondary N) is 1. The molecule has 1 aliphatic carbocycles. The Morgan fingerprint density at radius 2 is 2.10 bits per heavy atom. The van der Waals surface area contributed by atoms with Crippen LogP contribution in [0.25, 0.3) is 11.3 Å². The molecule has 1 aromatic carbocycles. The average molecular weight is 288 g/mol. The summed E-state index contributed by atoms with van der Waals surface area (Å²) in [4.78, 5) is 10.9. The molecule has 5 heteroatoms. The molecule has 1 saturated carbocycles. The number of carbonyl (C=O) groups is 1. The summed E-state index contributed by atoms with van der Waals surface area (Å²) in [5, 5.41) is 6.52. The summed E-state index contributed by atoms with van der Waals surface area (Å²) in [5.74, 6) is -0.137. The summed E-state index contributed by atoms with van der Waals surface area (Å²) in [6.45, 7) is 0. The molecule has 0 bridgehead atoms. The molecule has 0 aliphatic heterocycles. The Morgan fingerprint density at radius 1 is 1.29 bits per heavy atom. The monoisotopic (exact) mass is 288 g/mol. The molecule has 110 valence electrons. The predicted octanol–water partition coefficient (Wildman–Crippen LogP) is 3.74. The molecular formula is C16H17FN2O2. The van der Waals surface area contributed by atoms with Crippen molar-refractivity contribution in [1.82, 2.24) is 10.2 Å². The van der Waals surface area contributed by atoms with Gasteiger partial charge < -0.3 is 4.74 Å². The molecule has 0 atom stereocenters. The summed E-state index contributed by atoms with van der Waals surface area (Å²) >= 11 is 0. The second-order valence-corrected chi connectivity index (χ2v) is 5.34. The summed E-state index contributed by atoms with van der Waals surface area (Å²) in [7, 11) is 0. The van der Waals surface area contributed by atoms with Gasteiger partial charge in [0.05, 0.1) is 23.6 Å². The zero-order valence-corrected chi connectivity index (χ0v) is 11.6. The summed E-state index contributed by atoms with van der Waals surface area (Å²) in [6.07, 6.45) is 7.71. The molecule has 2 aromatic rings. The molecule has 0 unspecified atom stereocenters. The third kappa shape index (κ3) is 2.96. The van der Waals surface area contributed by atoms with E-state index < -0.39 is 5.82 Å². The average Bonchev–Trinajstić information content (AvgIpc) is 2.99. The van der Waals surface area contributed by atoms with E-state index in [2.05, 4.69) is 10.2 Å². The number of ether oxygens (including phenoxy) is 1. The fourth-order valence-electron chi connectivity index (χ4n) is 2.73. The molecule has 0 amide bonds. The molecule has 21 heavy (non-hydrogen) atoms. The van der Waals surface area contributed by atoms with E-state index >= 15 is 0 Å². The van der Waals surface area contributed by atoms with Gasteiger partial charge in [0.25, 0.3) is 0 Å². The van der Waals surface area contributed by atoms with E-state index in [-0.39, 0.29) is 11.9 Å². The van der Waals surface area contributed by atoms with Gasteiger partial charge in [0.2, 0.25) is 0 Å². The van der Waals surface area contributed by atoms with Gasteiger partial charge in [-0.25, -0.2) is 4.39 Å². The van der Waals surface area contributed by atoms with Gasteiger partial charge in [-0.1, -0.05) is 6.42 Å². The first-order valence-electron chi connectivity index (χ1n) is 7.23. The summed E-state index contributed by atoms with van der Waals surface area (Å²) in [6, 6.07) is 4.73. The maximum Gasteiger partial charge on any atom is 0.165 e. The Labute approximate surface area is 122 Å². The third-order valence-corrected chi connectivity index (χ3v) is 3.86. The van der Waals surface area contributed by atoms with Crippen LogP contribution in [0.3, 0.4) is 0 Å². The molecule has 0 spiro atoms. The molecule has 3 rings (SSSR count). The molecule has 1 heterocycles. The molecule has 0 radical (unpaired) electrons. The lowest BCUT2D eigenvalue weighted by molar-refractivity contribution is 0.112. The zero-order valence-electron chi connectivity index (χ0n) is 11.6. The van der Waals surface area contributed by atoms with Crippen LogP contribution in [0, 0.1) is 5.82 Å². The molecule has 1 fully saturated rings. The molecule has 1 N–H and O–H groups in total. The third-order valence-electron chi connectivity index (χ3n) is 3.86. The van der Waals surface area contributed by atoms with Crippen molar-refractivity contribution in [3.05, 3.63) is 35.8 Å². The SMILES string of the molecule is O=Cc1cn[nH]c1-c1ccc(OC2CCCCC2)c(F)c1. The van der Waals surface area contributed by atoms with Gasteiger partial charge in [0, 0.05) is 5.56 Å². The largest absolute Gasteiger partial charge is 0.487 e. The van der Waals surface area contributed by atoms with E-state index in [9.17, 15) is 9.18 Å². The van der Waals surface area contributed by atoms with E-state index in [4.69, 9.17) is 4.74 Å². The number of aldehydes is 1. The van der Waals surface area contributed by atoms with Crippen LogP contribution in [0.4, 0.5) is 4.39 Å². The Hall–Kier alpha value is -2.17. The first kappa shape index (κ1) is 13.8. The number of hydrogen-bond acceptors (Lipinski definition) is 3. The number of halogens is 1. The van der Waals surface area contributed by atoms with Gasteiger partial charge in [0.15, 0.2) is 17.9 Å². The van der Waals surface area contributed by atoms with E-state index in [1.54, 1.807) is 12.1 Å². The van der Waals surface area contributed by atoms with Crippen molar-refractivity contribution in [3.63, 3.8) is 0 Å². The van der Waals surface area contributed by atoms with Gasteiger partial charge in [-0.3, -0.25) is 9.89 Å². The highest BCUT2D eigenvalue weighted by molar-refractivity contribution is 5.85. The Balaban J connectivity index is 1.81. The number of nitrogens with zero attached hydrogens (tertiary/aromatic N) is 1. The van der Waals surface area contributed by atoms with Crippen molar-refractivity contribution < 1.29 is 13.9 Å². The second kappa shape index (κ2) is 6.08. The van der Waals surface area contributed by atoms with Crippen LogP contribution in [0.15, 0.2) is 24.4 Å². The quantitative estimate of drug-likeness (QED) is 0.872. The topological polar surface area (TPSA) is 55.0 Å². The van der Waals surface area contributed by atoms with Gasteiger partial charge in [-0.15, -0.1) is 0 Å². The minimum absolute atomic E-state index is 0.108. The highest BCUT2D eigenvalue weighted by Gasteiger charge is 2.17. The van der Waals surface area contributed by atoms with Gasteiger partial charge in [-0.05, 0) is 43.9 Å². The molecular weight excluding hydrogens is 271 g/mol. The standard InChI is InChI=1S/C16H17FN2O2/c17-14-8-11(16-12(10-20)9-18-19-16)6-7-15(14)21-13-4-2-1-3-5-13/h6-10,13H,1-5H2,(H,18,19). The lowest BCUT2D eigenvalue weighted by Crippen LogP contribution is -2.20. The van der Waals surface area contributed by atoms with E-state index in [1.165, 1.54) is 18.7 Å². The highest BCUT2D eigenvalue weighted by atomic mass is 19.1. The maximum absolute atomic E-state index is 14.2. The first-order chi connectivity index (χ1) is 10.3. The van der Waals surface area contributed by atoms with Gasteiger partial charge in [0.1, 0.15) is 0 Å². The summed E-state index contributed by atoms with van der Waals surface area (Å²) in [5.41, 5.74) is 1.52. The highest BCUT2D eigenvalue weighted by Crippen LogP contribution is 2.29. The van der Waals surface area contributed by atoms with Crippen molar-refractivity contribution in [2.45, 2.75) is 38.2 Å². The molecule has 1 aliphatic rings. The van der Waals surface area contributed by atoms with Gasteiger partial charge >= 0.3 is 0 Å². The van der Waals surface area contributed by atoms with Crippen molar-refractivity contribution in [1.29, 1.82) is 0 Å². The normalized spacial score (nSPS) is 15.9. The van der Waals surface area contributed by atoms with Crippen LogP contribution in [0.1, 0.15) is 42.5 Å². The zero-order chi connectivity index (χ0) is 14.7. The number of benzene rings is 1. The molecule has 1 aromatic heterocycles. The number of carbonyl (C=O) groups excluding carboxylic acids is 1. The van der Waals surface area contributed by atoms with Crippen LogP contribution in [0.2, 0.25) is 0 Å². The summed E-state index contributed by atoms with van der Waals surface area (Å²) < 4.78 is 19.9. The lowest BCUT2D eigenvalue weighted by atomic mass is 9.98. The van der Waals surface area contributed by atoms with Crippen LogP contribution in [0.5, 0.6) is 5.75 Å². The van der Waals surface area contributed by atoms with Crippen molar-refractivity contribution >= 4 is 6.29 Å². The van der Waals surface area contributed by atoms with E-state index in [0.29, 0.717) is 23.1 Å². The number of hydrogen-bond donors (Lipinski definition) is 1. The second-order valence-electron chi connectivity index (χ2n) is 5.34. The number of aromatic amines is 1. The van der Waals surface area contributed by atoms with E-state index in [0.717, 1.165) is 25.7 Å². The van der Waals surface area contributed by atoms with E-state index in [1.807, 2.05) is 0 Å². The van der Waals surface area contributed by atoms with Crippen LogP contribution < -0.4 is 4.74 Å². The Bertz CT molecular complexity index is 633. The Morgan fingerprint density at radius 3 is 2.81 bits per heavy atom.